The lowest BCUT2D eigenvalue weighted by Gasteiger charge is -2.10. The van der Waals surface area contributed by atoms with Gasteiger partial charge in [-0.3, -0.25) is 4.98 Å². The normalized spacial score (nSPS) is 25.4. The van der Waals surface area contributed by atoms with Gasteiger partial charge >= 0.3 is 0 Å². The molecular weight excluding hydrogens is 192 g/mol. The van der Waals surface area contributed by atoms with Crippen molar-refractivity contribution in [3.63, 3.8) is 0 Å². The molecule has 1 saturated carbocycles. The summed E-state index contributed by atoms with van der Waals surface area (Å²) in [6, 6.07) is 0. The van der Waals surface area contributed by atoms with Crippen molar-refractivity contribution in [2.24, 2.45) is 5.92 Å². The monoisotopic (exact) mass is 208 g/mol. The number of rotatable bonds is 3. The number of nitrogens with one attached hydrogen (secondary N) is 1. The molecule has 0 aliphatic heterocycles. The largest absolute Gasteiger partial charge is 0.393 e. The van der Waals surface area contributed by atoms with Crippen molar-refractivity contribution >= 4 is 11.6 Å². The smallest absolute Gasteiger partial charge is 0.146 e. The maximum absolute atomic E-state index is 9.37. The van der Waals surface area contributed by atoms with Crippen LogP contribution in [0.1, 0.15) is 19.3 Å². The molecule has 2 unspecified atom stereocenters. The second kappa shape index (κ2) is 4.44. The molecule has 0 spiro atoms. The predicted octanol–water partition coefficient (Wildman–Crippen LogP) is 0.632. The Kier molecular flexibility index (Phi) is 3.01. The third-order valence-corrected chi connectivity index (χ3v) is 2.74. The first-order valence-corrected chi connectivity index (χ1v) is 5.23. The van der Waals surface area contributed by atoms with Gasteiger partial charge in [0.2, 0.25) is 0 Å². The molecule has 0 amide bonds. The minimum atomic E-state index is -0.122. The summed E-state index contributed by atoms with van der Waals surface area (Å²) in [5.74, 6) is 1.66. The summed E-state index contributed by atoms with van der Waals surface area (Å²) < 4.78 is 0. The van der Waals surface area contributed by atoms with Crippen molar-refractivity contribution in [1.82, 2.24) is 9.97 Å². The van der Waals surface area contributed by atoms with Crippen LogP contribution >= 0.6 is 0 Å². The van der Waals surface area contributed by atoms with Crippen LogP contribution < -0.4 is 11.1 Å². The predicted molar refractivity (Wildman–Crippen MR) is 58.3 cm³/mol. The second-order valence-electron chi connectivity index (χ2n) is 4.04. The molecule has 1 aliphatic rings. The summed E-state index contributed by atoms with van der Waals surface area (Å²) in [7, 11) is 0. The molecule has 1 aliphatic carbocycles. The first-order chi connectivity index (χ1) is 7.24. The Labute approximate surface area is 88.7 Å². The Morgan fingerprint density at radius 1 is 1.47 bits per heavy atom. The lowest BCUT2D eigenvalue weighted by Crippen LogP contribution is -2.13. The molecule has 1 heterocycles. The lowest BCUT2D eigenvalue weighted by molar-refractivity contribution is 0.178. The van der Waals surface area contributed by atoms with E-state index in [1.54, 1.807) is 6.20 Å². The van der Waals surface area contributed by atoms with E-state index in [1.165, 1.54) is 6.20 Å². The van der Waals surface area contributed by atoms with E-state index in [9.17, 15) is 5.11 Å². The Hall–Kier alpha value is -1.36. The van der Waals surface area contributed by atoms with Crippen LogP contribution in [0.3, 0.4) is 0 Å². The third kappa shape index (κ3) is 2.79. The van der Waals surface area contributed by atoms with Gasteiger partial charge in [0.25, 0.3) is 0 Å². The molecule has 1 fully saturated rings. The number of aromatic nitrogens is 2. The summed E-state index contributed by atoms with van der Waals surface area (Å²) >= 11 is 0. The summed E-state index contributed by atoms with van der Waals surface area (Å²) in [5, 5.41) is 12.5. The molecule has 2 rings (SSSR count). The van der Waals surface area contributed by atoms with E-state index in [0.29, 0.717) is 17.6 Å². The molecule has 5 nitrogen and oxygen atoms in total. The molecule has 0 aromatic carbocycles. The maximum Gasteiger partial charge on any atom is 0.146 e. The number of nitrogens with two attached hydrogens (primary N) is 1. The standard InChI is InChI=1S/C10H16N4O/c11-9-5-12-6-10(14-9)13-4-7-1-2-8(15)3-7/h5-8,15H,1-4H2,(H3,11,13,14). The number of aliphatic hydroxyl groups is 1. The van der Waals surface area contributed by atoms with Crippen molar-refractivity contribution < 1.29 is 5.11 Å². The van der Waals surface area contributed by atoms with E-state index < -0.39 is 0 Å². The highest BCUT2D eigenvalue weighted by Crippen LogP contribution is 2.25. The van der Waals surface area contributed by atoms with Crippen molar-refractivity contribution in [2.75, 3.05) is 17.6 Å². The van der Waals surface area contributed by atoms with Gasteiger partial charge in [0, 0.05) is 6.54 Å². The SMILES string of the molecule is Nc1cncc(NCC2CCC(O)C2)n1. The van der Waals surface area contributed by atoms with E-state index in [1.807, 2.05) is 0 Å². The molecule has 1 aromatic heterocycles. The molecule has 0 bridgehead atoms. The van der Waals surface area contributed by atoms with E-state index in [2.05, 4.69) is 15.3 Å². The third-order valence-electron chi connectivity index (χ3n) is 2.74. The number of aliphatic hydroxyl groups excluding tert-OH is 1. The van der Waals surface area contributed by atoms with Crippen LogP contribution in [-0.2, 0) is 0 Å². The van der Waals surface area contributed by atoms with Crippen LogP contribution in [0.15, 0.2) is 12.4 Å². The fourth-order valence-corrected chi connectivity index (χ4v) is 1.95. The Morgan fingerprint density at radius 3 is 3.00 bits per heavy atom. The number of nitrogens with zero attached hydrogens (tertiary/aromatic N) is 2. The summed E-state index contributed by atoms with van der Waals surface area (Å²) in [5.41, 5.74) is 5.51. The highest BCUT2D eigenvalue weighted by Gasteiger charge is 2.22. The number of anilines is 2. The van der Waals surface area contributed by atoms with Crippen LogP contribution in [-0.4, -0.2) is 27.7 Å². The highest BCUT2D eigenvalue weighted by atomic mass is 16.3. The Balaban J connectivity index is 1.83. The average molecular weight is 208 g/mol. The van der Waals surface area contributed by atoms with Gasteiger partial charge in [-0.2, -0.15) is 0 Å². The fraction of sp³-hybridized carbons (Fsp3) is 0.600. The van der Waals surface area contributed by atoms with E-state index >= 15 is 0 Å². The van der Waals surface area contributed by atoms with Crippen LogP contribution in [0.25, 0.3) is 0 Å². The van der Waals surface area contributed by atoms with E-state index in [0.717, 1.165) is 25.8 Å². The van der Waals surface area contributed by atoms with Gasteiger partial charge < -0.3 is 16.2 Å². The zero-order valence-electron chi connectivity index (χ0n) is 8.56. The summed E-state index contributed by atoms with van der Waals surface area (Å²) in [6.45, 7) is 0.829. The van der Waals surface area contributed by atoms with Gasteiger partial charge in [-0.1, -0.05) is 0 Å². The highest BCUT2D eigenvalue weighted by molar-refractivity contribution is 5.38. The van der Waals surface area contributed by atoms with Gasteiger partial charge in [-0.15, -0.1) is 0 Å². The fourth-order valence-electron chi connectivity index (χ4n) is 1.95. The van der Waals surface area contributed by atoms with Crippen LogP contribution in [0.5, 0.6) is 0 Å². The van der Waals surface area contributed by atoms with Gasteiger partial charge in [0.1, 0.15) is 11.6 Å². The minimum Gasteiger partial charge on any atom is -0.393 e. The second-order valence-corrected chi connectivity index (χ2v) is 4.04. The van der Waals surface area contributed by atoms with Gasteiger partial charge in [0.15, 0.2) is 0 Å². The van der Waals surface area contributed by atoms with Crippen LogP contribution in [0, 0.1) is 5.92 Å². The number of nitrogen functional groups attached to an aromatic ring is 1. The zero-order chi connectivity index (χ0) is 10.7. The van der Waals surface area contributed by atoms with E-state index in [4.69, 9.17) is 5.73 Å². The minimum absolute atomic E-state index is 0.122. The van der Waals surface area contributed by atoms with Crippen molar-refractivity contribution in [3.05, 3.63) is 12.4 Å². The van der Waals surface area contributed by atoms with Gasteiger partial charge in [0.05, 0.1) is 18.5 Å². The molecule has 4 N–H and O–H groups in total. The molecule has 82 valence electrons. The lowest BCUT2D eigenvalue weighted by atomic mass is 10.1. The quantitative estimate of drug-likeness (QED) is 0.678. The van der Waals surface area contributed by atoms with Crippen LogP contribution in [0.2, 0.25) is 0 Å². The molecular formula is C10H16N4O. The first-order valence-electron chi connectivity index (χ1n) is 5.23. The summed E-state index contributed by atoms with van der Waals surface area (Å²) in [4.78, 5) is 8.04. The zero-order valence-corrected chi connectivity index (χ0v) is 8.56. The Bertz CT molecular complexity index is 331. The average Bonchev–Trinajstić information content (AvgIpc) is 2.62. The van der Waals surface area contributed by atoms with Gasteiger partial charge in [-0.05, 0) is 25.2 Å². The molecule has 0 radical (unpaired) electrons. The Morgan fingerprint density at radius 2 is 2.33 bits per heavy atom. The molecule has 0 saturated heterocycles. The maximum atomic E-state index is 9.37. The van der Waals surface area contributed by atoms with E-state index in [-0.39, 0.29) is 6.10 Å². The molecule has 1 aromatic rings. The van der Waals surface area contributed by atoms with Gasteiger partial charge in [-0.25, -0.2) is 4.98 Å². The molecule has 5 heteroatoms. The summed E-state index contributed by atoms with van der Waals surface area (Å²) in [6.07, 6.45) is 5.91. The molecule has 2 atom stereocenters. The van der Waals surface area contributed by atoms with Crippen molar-refractivity contribution in [2.45, 2.75) is 25.4 Å². The topological polar surface area (TPSA) is 84.1 Å². The first kappa shape index (κ1) is 10.2. The van der Waals surface area contributed by atoms with Crippen molar-refractivity contribution in [1.29, 1.82) is 0 Å². The number of hydrogen-bond acceptors (Lipinski definition) is 5. The molecule has 15 heavy (non-hydrogen) atoms. The van der Waals surface area contributed by atoms with Crippen molar-refractivity contribution in [3.8, 4) is 0 Å². The van der Waals surface area contributed by atoms with Crippen LogP contribution in [0.4, 0.5) is 11.6 Å². The number of hydrogen-bond donors (Lipinski definition) is 3.